The number of rotatable bonds is 6. The zero-order chi connectivity index (χ0) is 20.1. The van der Waals surface area contributed by atoms with Gasteiger partial charge in [0.25, 0.3) is 0 Å². The molecule has 27 heavy (non-hydrogen) atoms. The van der Waals surface area contributed by atoms with E-state index in [-0.39, 0.29) is 10.8 Å². The Morgan fingerprint density at radius 3 is 2.41 bits per heavy atom. The molecule has 144 valence electrons. The number of aldehydes is 1. The predicted molar refractivity (Wildman–Crippen MR) is 116 cm³/mol. The molecule has 0 atom stereocenters. The lowest BCUT2D eigenvalue weighted by atomic mass is 9.79. The summed E-state index contributed by atoms with van der Waals surface area (Å²) in [6, 6.07) is 9.94. The second kappa shape index (κ2) is 8.51. The first-order chi connectivity index (χ1) is 12.6. The molecule has 0 radical (unpaired) electrons. The molecule has 0 amide bonds. The van der Waals surface area contributed by atoms with Crippen molar-refractivity contribution in [3.05, 3.63) is 60.0 Å². The zero-order valence-electron chi connectivity index (χ0n) is 17.5. The SMILES string of the molecule is CC(C)(C)CC/C(=C\C(C=O)=CNc1cccc2cccnc12)C(C)(C)C. The van der Waals surface area contributed by atoms with Gasteiger partial charge in [-0.2, -0.15) is 0 Å². The van der Waals surface area contributed by atoms with Crippen LogP contribution in [0.1, 0.15) is 54.4 Å². The van der Waals surface area contributed by atoms with Crippen LogP contribution in [0.3, 0.4) is 0 Å². The number of nitrogens with zero attached hydrogens (tertiary/aromatic N) is 1. The zero-order valence-corrected chi connectivity index (χ0v) is 17.5. The minimum absolute atomic E-state index is 0.0222. The van der Waals surface area contributed by atoms with Crippen molar-refractivity contribution >= 4 is 22.9 Å². The third-order valence-corrected chi connectivity index (χ3v) is 4.61. The van der Waals surface area contributed by atoms with Crippen LogP contribution in [-0.4, -0.2) is 11.3 Å². The van der Waals surface area contributed by atoms with Gasteiger partial charge in [-0.25, -0.2) is 0 Å². The molecule has 0 aliphatic heterocycles. The number of pyridine rings is 1. The van der Waals surface area contributed by atoms with Gasteiger partial charge in [0.2, 0.25) is 0 Å². The highest BCUT2D eigenvalue weighted by Gasteiger charge is 2.20. The standard InChI is InChI=1S/C24H32N2O/c1-23(2,3)13-12-20(24(4,5)6)15-18(17-27)16-26-21-11-7-9-19-10-8-14-25-22(19)21/h7-11,14-17,26H,12-13H2,1-6H3/b18-16?,20-15+. The monoisotopic (exact) mass is 364 g/mol. The van der Waals surface area contributed by atoms with Crippen molar-refractivity contribution < 1.29 is 4.79 Å². The molecular weight excluding hydrogens is 332 g/mol. The van der Waals surface area contributed by atoms with Crippen LogP contribution in [0.4, 0.5) is 5.69 Å². The largest absolute Gasteiger partial charge is 0.359 e. The quantitative estimate of drug-likeness (QED) is 0.360. The number of allylic oxidation sites excluding steroid dienone is 3. The molecule has 1 heterocycles. The Morgan fingerprint density at radius 2 is 1.78 bits per heavy atom. The molecular formula is C24H32N2O. The molecule has 0 saturated heterocycles. The van der Waals surface area contributed by atoms with Gasteiger partial charge in [-0.3, -0.25) is 9.78 Å². The lowest BCUT2D eigenvalue weighted by Gasteiger charge is -2.27. The van der Waals surface area contributed by atoms with E-state index in [1.54, 1.807) is 12.4 Å². The number of carbonyl (C=O) groups excluding carboxylic acids is 1. The van der Waals surface area contributed by atoms with Crippen molar-refractivity contribution in [3.8, 4) is 0 Å². The summed E-state index contributed by atoms with van der Waals surface area (Å²) in [7, 11) is 0. The van der Waals surface area contributed by atoms with Crippen LogP contribution >= 0.6 is 0 Å². The second-order valence-electron chi connectivity index (χ2n) is 9.27. The van der Waals surface area contributed by atoms with Gasteiger partial charge in [0.15, 0.2) is 6.29 Å². The lowest BCUT2D eigenvalue weighted by molar-refractivity contribution is -0.104. The Kier molecular flexibility index (Phi) is 6.59. The minimum Gasteiger partial charge on any atom is -0.359 e. The van der Waals surface area contributed by atoms with E-state index in [1.165, 1.54) is 5.57 Å². The van der Waals surface area contributed by atoms with Crippen LogP contribution in [0.5, 0.6) is 0 Å². The number of aromatic nitrogens is 1. The highest BCUT2D eigenvalue weighted by atomic mass is 16.1. The summed E-state index contributed by atoms with van der Waals surface area (Å²) >= 11 is 0. The van der Waals surface area contributed by atoms with Crippen molar-refractivity contribution in [2.75, 3.05) is 5.32 Å². The van der Waals surface area contributed by atoms with Crippen molar-refractivity contribution in [2.24, 2.45) is 10.8 Å². The van der Waals surface area contributed by atoms with Gasteiger partial charge in [0, 0.05) is 23.4 Å². The first-order valence-corrected chi connectivity index (χ1v) is 9.57. The molecule has 0 bridgehead atoms. The van der Waals surface area contributed by atoms with Gasteiger partial charge < -0.3 is 5.32 Å². The molecule has 1 aromatic heterocycles. The number of nitrogens with one attached hydrogen (secondary N) is 1. The van der Waals surface area contributed by atoms with Crippen molar-refractivity contribution in [2.45, 2.75) is 54.4 Å². The number of fused-ring (bicyclic) bond motifs is 1. The first-order valence-electron chi connectivity index (χ1n) is 9.57. The Hall–Kier alpha value is -2.42. The van der Waals surface area contributed by atoms with E-state index >= 15 is 0 Å². The molecule has 2 aromatic rings. The number of hydrogen-bond donors (Lipinski definition) is 1. The molecule has 0 fully saturated rings. The summed E-state index contributed by atoms with van der Waals surface area (Å²) in [5.74, 6) is 0. The molecule has 1 aromatic carbocycles. The number of anilines is 1. The van der Waals surface area contributed by atoms with Crippen LogP contribution in [0.15, 0.2) is 60.0 Å². The maximum atomic E-state index is 11.7. The molecule has 0 spiro atoms. The molecule has 0 unspecified atom stereocenters. The highest BCUT2D eigenvalue weighted by molar-refractivity contribution is 5.91. The molecule has 3 nitrogen and oxygen atoms in total. The number of para-hydroxylation sites is 1. The van der Waals surface area contributed by atoms with Crippen molar-refractivity contribution in [1.29, 1.82) is 0 Å². The van der Waals surface area contributed by atoms with Gasteiger partial charge in [0.05, 0.1) is 11.2 Å². The van der Waals surface area contributed by atoms with Crippen LogP contribution in [0, 0.1) is 10.8 Å². The normalized spacial score (nSPS) is 13.7. The first kappa shape index (κ1) is 20.9. The average Bonchev–Trinajstić information content (AvgIpc) is 2.59. The lowest BCUT2D eigenvalue weighted by Crippen LogP contribution is -2.14. The van der Waals surface area contributed by atoms with Crippen LogP contribution in [0.2, 0.25) is 0 Å². The summed E-state index contributed by atoms with van der Waals surface area (Å²) in [5, 5.41) is 4.34. The number of carbonyl (C=O) groups is 1. The molecule has 0 aliphatic carbocycles. The summed E-state index contributed by atoms with van der Waals surface area (Å²) < 4.78 is 0. The van der Waals surface area contributed by atoms with E-state index < -0.39 is 0 Å². The molecule has 1 N–H and O–H groups in total. The Morgan fingerprint density at radius 1 is 1.07 bits per heavy atom. The fourth-order valence-electron chi connectivity index (χ4n) is 2.87. The molecule has 3 heteroatoms. The molecule has 2 rings (SSSR count). The van der Waals surface area contributed by atoms with Crippen molar-refractivity contribution in [3.63, 3.8) is 0 Å². The third kappa shape index (κ3) is 6.35. The Balaban J connectivity index is 2.29. The van der Waals surface area contributed by atoms with Gasteiger partial charge in [-0.1, -0.05) is 71.4 Å². The van der Waals surface area contributed by atoms with E-state index in [1.807, 2.05) is 36.4 Å². The molecule has 0 aliphatic rings. The van der Waals surface area contributed by atoms with Gasteiger partial charge in [0.1, 0.15) is 0 Å². The second-order valence-corrected chi connectivity index (χ2v) is 9.27. The fraction of sp³-hybridized carbons (Fsp3) is 0.417. The molecule has 0 saturated carbocycles. The Bertz CT molecular complexity index is 843. The number of benzene rings is 1. The summed E-state index contributed by atoms with van der Waals surface area (Å²) in [5.41, 5.74) is 4.01. The smallest absolute Gasteiger partial charge is 0.151 e. The van der Waals surface area contributed by atoms with Gasteiger partial charge in [-0.05, 0) is 35.8 Å². The van der Waals surface area contributed by atoms with Crippen molar-refractivity contribution in [1.82, 2.24) is 4.98 Å². The van der Waals surface area contributed by atoms with Crippen LogP contribution < -0.4 is 5.32 Å². The van der Waals surface area contributed by atoms with Gasteiger partial charge in [-0.15, -0.1) is 0 Å². The Labute approximate surface area is 163 Å². The number of hydrogen-bond acceptors (Lipinski definition) is 3. The minimum atomic E-state index is 0.0222. The predicted octanol–water partition coefficient (Wildman–Crippen LogP) is 6.53. The van der Waals surface area contributed by atoms with Gasteiger partial charge >= 0.3 is 0 Å². The third-order valence-electron chi connectivity index (χ3n) is 4.61. The van der Waals surface area contributed by atoms with E-state index in [0.717, 1.165) is 35.7 Å². The highest BCUT2D eigenvalue weighted by Crippen LogP contribution is 2.34. The maximum absolute atomic E-state index is 11.7. The van der Waals surface area contributed by atoms with E-state index in [9.17, 15) is 4.79 Å². The van der Waals surface area contributed by atoms with Crippen LogP contribution in [-0.2, 0) is 4.79 Å². The fourth-order valence-corrected chi connectivity index (χ4v) is 2.87. The van der Waals surface area contributed by atoms with E-state index in [4.69, 9.17) is 0 Å². The van der Waals surface area contributed by atoms with E-state index in [2.05, 4.69) is 51.8 Å². The summed E-state index contributed by atoms with van der Waals surface area (Å²) in [4.78, 5) is 16.1. The van der Waals surface area contributed by atoms with Crippen LogP contribution in [0.25, 0.3) is 10.9 Å². The summed E-state index contributed by atoms with van der Waals surface area (Å²) in [6.45, 7) is 13.3. The average molecular weight is 365 g/mol. The maximum Gasteiger partial charge on any atom is 0.151 e. The topological polar surface area (TPSA) is 42.0 Å². The summed E-state index contributed by atoms with van der Waals surface area (Å²) in [6.07, 6.45) is 8.57. The van der Waals surface area contributed by atoms with E-state index in [0.29, 0.717) is 5.57 Å².